The average molecular weight is 836 g/mol. The van der Waals surface area contributed by atoms with Gasteiger partial charge in [-0.2, -0.15) is 0 Å². The molecule has 0 aliphatic rings. The lowest BCUT2D eigenvalue weighted by Crippen LogP contribution is -2.31. The van der Waals surface area contributed by atoms with Crippen LogP contribution in [-0.4, -0.2) is 15.0 Å². The summed E-state index contributed by atoms with van der Waals surface area (Å²) in [4.78, 5) is 16.2. The minimum Gasteiger partial charge on any atom is -0.208 e. The highest BCUT2D eigenvalue weighted by Crippen LogP contribution is 2.47. The largest absolute Gasteiger partial charge is 0.208 e. The molecule has 1 aromatic heterocycles. The second-order valence-corrected chi connectivity index (χ2v) is 16.9. The molecule has 0 aliphatic carbocycles. The van der Waals surface area contributed by atoms with Gasteiger partial charge in [-0.15, -0.1) is 0 Å². The molecule has 0 spiro atoms. The number of nitrogens with zero attached hydrogens (tertiary/aromatic N) is 3. The molecule has 312 valence electrons. The molecule has 0 aliphatic heterocycles. The van der Waals surface area contributed by atoms with E-state index in [9.17, 15) is 0 Å². The van der Waals surface area contributed by atoms with E-state index in [0.717, 1.165) is 38.9 Å². The molecule has 0 radical (unpaired) electrons. The van der Waals surface area contributed by atoms with Gasteiger partial charge in [-0.3, -0.25) is 0 Å². The smallest absolute Gasteiger partial charge is 0.164 e. The molecule has 10 rings (SSSR count). The summed E-state index contributed by atoms with van der Waals surface area (Å²) in [7, 11) is 0. The van der Waals surface area contributed by atoms with Gasteiger partial charge in [0.05, 0.1) is 10.8 Å². The lowest BCUT2D eigenvalue weighted by Gasteiger charge is -2.37. The molecule has 9 aromatic carbocycles. The van der Waals surface area contributed by atoms with E-state index < -0.39 is 10.8 Å². The summed E-state index contributed by atoms with van der Waals surface area (Å²) in [5.41, 5.74) is 14.3. The lowest BCUT2D eigenvalue weighted by atomic mass is 9.65. The quantitative estimate of drug-likeness (QED) is 0.122. The maximum Gasteiger partial charge on any atom is 0.164 e. The van der Waals surface area contributed by atoms with Crippen LogP contribution < -0.4 is 0 Å². The standard InChI is InChI=1S/C62H49N3/c1-44-40-45(2)57(46(3)41-44)60-64-58(47-24-22-38-55(42-47)61(49-26-10-4-11-27-49,50-28-12-5-13-29-50)51-30-14-6-15-31-51)63-59(65-60)48-25-23-39-56(43-48)62(52-32-16-7-17-33-52,53-34-18-8-19-35-53)54-36-20-9-21-37-54/h4-43H,1-3H3. The molecule has 0 N–H and O–H groups in total. The highest BCUT2D eigenvalue weighted by atomic mass is 15.0. The average Bonchev–Trinajstić information content (AvgIpc) is 3.36. The number of hydrogen-bond donors (Lipinski definition) is 0. The Balaban J connectivity index is 1.22. The molecule has 0 bridgehead atoms. The zero-order chi connectivity index (χ0) is 44.2. The van der Waals surface area contributed by atoms with Gasteiger partial charge in [0.25, 0.3) is 0 Å². The molecule has 0 unspecified atom stereocenters. The number of benzene rings is 9. The third-order valence-electron chi connectivity index (χ3n) is 12.9. The van der Waals surface area contributed by atoms with Crippen LogP contribution in [0.15, 0.2) is 243 Å². The molecule has 0 amide bonds. The van der Waals surface area contributed by atoms with Crippen LogP contribution in [0.4, 0.5) is 0 Å². The summed E-state index contributed by atoms with van der Waals surface area (Å²) in [5, 5.41) is 0. The maximum atomic E-state index is 5.44. The Morgan fingerprint density at radius 3 is 0.815 bits per heavy atom. The van der Waals surface area contributed by atoms with Crippen molar-refractivity contribution < 1.29 is 0 Å². The molecule has 0 saturated heterocycles. The van der Waals surface area contributed by atoms with Gasteiger partial charge in [0.2, 0.25) is 0 Å². The van der Waals surface area contributed by atoms with Gasteiger partial charge >= 0.3 is 0 Å². The number of aromatic nitrogens is 3. The Morgan fingerprint density at radius 2 is 0.523 bits per heavy atom. The predicted octanol–water partition coefficient (Wildman–Crippen LogP) is 14.6. The minimum atomic E-state index is -0.632. The van der Waals surface area contributed by atoms with Gasteiger partial charge in [-0.1, -0.05) is 236 Å². The Morgan fingerprint density at radius 1 is 0.262 bits per heavy atom. The molecule has 1 heterocycles. The molecule has 10 aromatic rings. The van der Waals surface area contributed by atoms with E-state index in [4.69, 9.17) is 15.0 Å². The summed E-state index contributed by atoms with van der Waals surface area (Å²) in [6.45, 7) is 6.45. The van der Waals surface area contributed by atoms with Gasteiger partial charge in [0.1, 0.15) is 0 Å². The van der Waals surface area contributed by atoms with Crippen LogP contribution in [0.25, 0.3) is 34.2 Å². The van der Waals surface area contributed by atoms with E-state index in [2.05, 4.69) is 263 Å². The molecular weight excluding hydrogens is 787 g/mol. The van der Waals surface area contributed by atoms with E-state index in [1.807, 2.05) is 0 Å². The fourth-order valence-corrected chi connectivity index (χ4v) is 10.2. The number of hydrogen-bond acceptors (Lipinski definition) is 3. The van der Waals surface area contributed by atoms with Crippen molar-refractivity contribution in [1.82, 2.24) is 15.0 Å². The van der Waals surface area contributed by atoms with Crippen LogP contribution in [0.5, 0.6) is 0 Å². The lowest BCUT2D eigenvalue weighted by molar-refractivity contribution is 0.745. The highest BCUT2D eigenvalue weighted by Gasteiger charge is 2.40. The summed E-state index contributed by atoms with van der Waals surface area (Å²) in [6, 6.07) is 87.0. The van der Waals surface area contributed by atoms with Crippen molar-refractivity contribution in [2.75, 3.05) is 0 Å². The number of aryl methyl sites for hydroxylation is 3. The van der Waals surface area contributed by atoms with Crippen LogP contribution in [0.1, 0.15) is 61.2 Å². The van der Waals surface area contributed by atoms with Crippen LogP contribution in [-0.2, 0) is 10.8 Å². The van der Waals surface area contributed by atoms with Crippen molar-refractivity contribution in [2.45, 2.75) is 31.6 Å². The first kappa shape index (κ1) is 41.0. The third kappa shape index (κ3) is 7.45. The van der Waals surface area contributed by atoms with Crippen LogP contribution >= 0.6 is 0 Å². The van der Waals surface area contributed by atoms with Crippen molar-refractivity contribution in [2.24, 2.45) is 0 Å². The Hall–Kier alpha value is -8.01. The first-order chi connectivity index (χ1) is 32.0. The fraction of sp³-hybridized carbons (Fsp3) is 0.0806. The monoisotopic (exact) mass is 835 g/mol. The minimum absolute atomic E-state index is 0.611. The van der Waals surface area contributed by atoms with E-state index in [0.29, 0.717) is 17.5 Å². The first-order valence-electron chi connectivity index (χ1n) is 22.4. The third-order valence-corrected chi connectivity index (χ3v) is 12.9. The Labute approximate surface area is 382 Å². The highest BCUT2D eigenvalue weighted by molar-refractivity contribution is 5.73. The van der Waals surface area contributed by atoms with Gasteiger partial charge in [0.15, 0.2) is 17.5 Å². The summed E-state index contributed by atoms with van der Waals surface area (Å²) < 4.78 is 0. The second-order valence-electron chi connectivity index (χ2n) is 16.9. The zero-order valence-electron chi connectivity index (χ0n) is 36.9. The van der Waals surface area contributed by atoms with E-state index >= 15 is 0 Å². The maximum absolute atomic E-state index is 5.44. The SMILES string of the molecule is Cc1cc(C)c(-c2nc(-c3cccc(C(c4ccccc4)(c4ccccc4)c4ccccc4)c3)nc(-c3cccc(C(c4ccccc4)(c4ccccc4)c4ccccc4)c3)n2)c(C)c1. The zero-order valence-corrected chi connectivity index (χ0v) is 36.9. The topological polar surface area (TPSA) is 38.7 Å². The van der Waals surface area contributed by atoms with Crippen LogP contribution in [0.2, 0.25) is 0 Å². The molecule has 0 saturated carbocycles. The normalized spacial score (nSPS) is 11.6. The summed E-state index contributed by atoms with van der Waals surface area (Å²) in [5.74, 6) is 1.87. The van der Waals surface area contributed by atoms with E-state index in [-0.39, 0.29) is 0 Å². The molecular formula is C62H49N3. The van der Waals surface area contributed by atoms with Crippen molar-refractivity contribution in [3.8, 4) is 34.2 Å². The van der Waals surface area contributed by atoms with Crippen molar-refractivity contribution >= 4 is 0 Å². The van der Waals surface area contributed by atoms with Crippen molar-refractivity contribution in [1.29, 1.82) is 0 Å². The van der Waals surface area contributed by atoms with Crippen LogP contribution in [0, 0.1) is 20.8 Å². The molecule has 3 nitrogen and oxygen atoms in total. The molecule has 0 atom stereocenters. The fourth-order valence-electron chi connectivity index (χ4n) is 10.2. The molecule has 0 fully saturated rings. The van der Waals surface area contributed by atoms with Gasteiger partial charge < -0.3 is 0 Å². The van der Waals surface area contributed by atoms with E-state index in [1.165, 1.54) is 38.9 Å². The Bertz CT molecular complexity index is 2800. The second kappa shape index (κ2) is 17.6. The van der Waals surface area contributed by atoms with E-state index in [1.54, 1.807) is 0 Å². The van der Waals surface area contributed by atoms with Gasteiger partial charge in [-0.05, 0) is 88.5 Å². The predicted molar refractivity (Wildman–Crippen MR) is 267 cm³/mol. The van der Waals surface area contributed by atoms with Gasteiger partial charge in [-0.25, -0.2) is 15.0 Å². The Kier molecular flexibility index (Phi) is 11.1. The number of rotatable bonds is 11. The molecule has 65 heavy (non-hydrogen) atoms. The first-order valence-corrected chi connectivity index (χ1v) is 22.4. The summed E-state index contributed by atoms with van der Waals surface area (Å²) in [6.07, 6.45) is 0. The summed E-state index contributed by atoms with van der Waals surface area (Å²) >= 11 is 0. The van der Waals surface area contributed by atoms with Crippen molar-refractivity contribution in [3.05, 3.63) is 304 Å². The van der Waals surface area contributed by atoms with Crippen LogP contribution in [0.3, 0.4) is 0 Å². The van der Waals surface area contributed by atoms with Crippen molar-refractivity contribution in [3.63, 3.8) is 0 Å². The molecule has 3 heteroatoms. The van der Waals surface area contributed by atoms with Gasteiger partial charge in [0, 0.05) is 16.7 Å².